The molecular formula is C33H42N4O4S. The number of β-amino-alcohol motifs (C(OH)–C–C–N with tert-alkyl or cyclic N) is 1. The number of carbonyl (C=O) groups is 1. The topological polar surface area (TPSA) is 112 Å². The van der Waals surface area contributed by atoms with Crippen LogP contribution in [0, 0.1) is 0 Å². The van der Waals surface area contributed by atoms with Crippen molar-refractivity contribution in [1.82, 2.24) is 9.88 Å². The van der Waals surface area contributed by atoms with Crippen molar-refractivity contribution in [3.63, 3.8) is 0 Å². The number of amides is 1. The van der Waals surface area contributed by atoms with Gasteiger partial charge in [0.2, 0.25) is 5.91 Å². The van der Waals surface area contributed by atoms with Crippen LogP contribution in [0.3, 0.4) is 0 Å². The monoisotopic (exact) mass is 590 g/mol. The van der Waals surface area contributed by atoms with Crippen LogP contribution < -0.4 is 15.4 Å². The second kappa shape index (κ2) is 14.0. The van der Waals surface area contributed by atoms with Crippen LogP contribution in [0.1, 0.15) is 64.5 Å². The molecule has 224 valence electrons. The molecule has 0 saturated carbocycles. The molecule has 4 aromatic rings. The minimum absolute atomic E-state index is 0.0532. The van der Waals surface area contributed by atoms with Crippen molar-refractivity contribution in [2.24, 2.45) is 0 Å². The van der Waals surface area contributed by atoms with Gasteiger partial charge in [-0.1, -0.05) is 50.1 Å². The molecule has 0 aliphatic carbocycles. The molecule has 0 spiro atoms. The molecule has 4 rings (SSSR count). The van der Waals surface area contributed by atoms with Crippen molar-refractivity contribution >= 4 is 38.2 Å². The first kappa shape index (κ1) is 31.3. The summed E-state index contributed by atoms with van der Waals surface area (Å²) in [5, 5.41) is 18.4. The first-order valence-electron chi connectivity index (χ1n) is 14.6. The van der Waals surface area contributed by atoms with Gasteiger partial charge in [-0.25, -0.2) is 8.42 Å². The highest BCUT2D eigenvalue weighted by molar-refractivity contribution is 7.92. The van der Waals surface area contributed by atoms with Crippen molar-refractivity contribution in [2.75, 3.05) is 16.6 Å². The molecule has 0 aliphatic heterocycles. The number of benzene rings is 3. The van der Waals surface area contributed by atoms with Crippen LogP contribution in [0.15, 0.2) is 90.0 Å². The lowest BCUT2D eigenvalue weighted by molar-refractivity contribution is -0.116. The molecule has 1 aromatic heterocycles. The van der Waals surface area contributed by atoms with E-state index in [1.807, 2.05) is 18.2 Å². The number of aliphatic hydroxyl groups excluding tert-OH is 1. The zero-order valence-corrected chi connectivity index (χ0v) is 25.5. The molecule has 0 saturated heterocycles. The lowest BCUT2D eigenvalue weighted by atomic mass is 9.99. The molecule has 3 aromatic carbocycles. The normalized spacial score (nSPS) is 12.8. The minimum atomic E-state index is -3.72. The van der Waals surface area contributed by atoms with E-state index in [0.29, 0.717) is 24.2 Å². The molecule has 0 radical (unpaired) electrons. The molecule has 42 heavy (non-hydrogen) atoms. The summed E-state index contributed by atoms with van der Waals surface area (Å²) in [6, 6.07) is 23.1. The lowest BCUT2D eigenvalue weighted by Crippen LogP contribution is -2.42. The predicted octanol–water partition coefficient (Wildman–Crippen LogP) is 6.45. The quantitative estimate of drug-likeness (QED) is 0.119. The second-order valence-corrected chi connectivity index (χ2v) is 13.0. The Hall–Kier alpha value is -3.66. The molecule has 0 unspecified atom stereocenters. The van der Waals surface area contributed by atoms with Gasteiger partial charge in [-0.2, -0.15) is 0 Å². The molecule has 1 heterocycles. The summed E-state index contributed by atoms with van der Waals surface area (Å²) in [6.07, 6.45) is 5.67. The average Bonchev–Trinajstić information content (AvgIpc) is 3.38. The summed E-state index contributed by atoms with van der Waals surface area (Å²) >= 11 is 0. The molecule has 1 amide bonds. The Balaban J connectivity index is 1.30. The Morgan fingerprint density at radius 1 is 0.952 bits per heavy atom. The van der Waals surface area contributed by atoms with Gasteiger partial charge in [0, 0.05) is 53.5 Å². The smallest absolute Gasteiger partial charge is 0.261 e. The number of fused-ring (bicyclic) bond motifs is 1. The Morgan fingerprint density at radius 3 is 2.50 bits per heavy atom. The number of aromatic nitrogens is 1. The number of carbonyl (C=O) groups excluding carboxylic acids is 1. The number of nitrogens with zero attached hydrogens (tertiary/aromatic N) is 1. The van der Waals surface area contributed by atoms with Gasteiger partial charge in [0.05, 0.1) is 11.0 Å². The first-order valence-corrected chi connectivity index (χ1v) is 16.0. The Morgan fingerprint density at radius 2 is 1.74 bits per heavy atom. The average molecular weight is 591 g/mol. The Kier molecular flexibility index (Phi) is 10.4. The zero-order valence-electron chi connectivity index (χ0n) is 24.6. The van der Waals surface area contributed by atoms with Crippen LogP contribution in [0.5, 0.6) is 0 Å². The number of hydrogen-bond acceptors (Lipinski definition) is 5. The first-order chi connectivity index (χ1) is 20.1. The fraction of sp³-hybridized carbons (Fsp3) is 0.364. The van der Waals surface area contributed by atoms with Gasteiger partial charge in [-0.15, -0.1) is 0 Å². The summed E-state index contributed by atoms with van der Waals surface area (Å²) < 4.78 is 30.2. The van der Waals surface area contributed by atoms with Gasteiger partial charge in [0.1, 0.15) is 0 Å². The van der Waals surface area contributed by atoms with Crippen molar-refractivity contribution in [3.8, 4) is 0 Å². The van der Waals surface area contributed by atoms with E-state index in [9.17, 15) is 18.3 Å². The third kappa shape index (κ3) is 8.67. The van der Waals surface area contributed by atoms with Crippen molar-refractivity contribution in [3.05, 3.63) is 90.6 Å². The summed E-state index contributed by atoms with van der Waals surface area (Å²) in [6.45, 7) is 7.42. The van der Waals surface area contributed by atoms with Crippen LogP contribution in [0.25, 0.3) is 10.9 Å². The maximum absolute atomic E-state index is 12.7. The van der Waals surface area contributed by atoms with Crippen molar-refractivity contribution in [2.45, 2.75) is 76.0 Å². The largest absolute Gasteiger partial charge is 0.387 e. The number of rotatable bonds is 15. The molecule has 0 aliphatic rings. The molecular weight excluding hydrogens is 548 g/mol. The van der Waals surface area contributed by atoms with E-state index in [1.54, 1.807) is 42.5 Å². The van der Waals surface area contributed by atoms with Crippen molar-refractivity contribution < 1.29 is 18.3 Å². The molecule has 9 heteroatoms. The summed E-state index contributed by atoms with van der Waals surface area (Å²) in [4.78, 5) is 12.4. The van der Waals surface area contributed by atoms with Gasteiger partial charge < -0.3 is 20.3 Å². The highest BCUT2D eigenvalue weighted by Crippen LogP contribution is 2.24. The number of nitrogens with one attached hydrogen (secondary N) is 3. The van der Waals surface area contributed by atoms with Gasteiger partial charge in [-0.3, -0.25) is 9.52 Å². The van der Waals surface area contributed by atoms with E-state index in [2.05, 4.69) is 53.0 Å². The van der Waals surface area contributed by atoms with Crippen LogP contribution in [0.2, 0.25) is 0 Å². The van der Waals surface area contributed by atoms with Crippen LogP contribution in [-0.4, -0.2) is 36.1 Å². The third-order valence-corrected chi connectivity index (χ3v) is 8.79. The molecule has 0 bridgehead atoms. The summed E-state index contributed by atoms with van der Waals surface area (Å²) in [7, 11) is -3.72. The molecule has 0 fully saturated rings. The fourth-order valence-corrected chi connectivity index (χ4v) is 5.90. The zero-order chi connectivity index (χ0) is 30.2. The number of unbranched alkanes of at least 4 members (excludes halogenated alkanes) is 2. The van der Waals surface area contributed by atoms with Crippen LogP contribution in [-0.2, 0) is 21.4 Å². The van der Waals surface area contributed by atoms with Gasteiger partial charge >= 0.3 is 0 Å². The van der Waals surface area contributed by atoms with E-state index in [0.717, 1.165) is 48.8 Å². The third-order valence-electron chi connectivity index (χ3n) is 7.39. The fourth-order valence-electron chi connectivity index (χ4n) is 4.83. The molecule has 4 N–H and O–H groups in total. The number of hydrogen-bond donors (Lipinski definition) is 4. The highest BCUT2D eigenvalue weighted by atomic mass is 32.2. The number of aliphatic hydroxyl groups is 1. The van der Waals surface area contributed by atoms with E-state index in [4.69, 9.17) is 0 Å². The number of anilines is 2. The van der Waals surface area contributed by atoms with Crippen LogP contribution in [0.4, 0.5) is 11.4 Å². The second-order valence-electron chi connectivity index (χ2n) is 11.4. The molecule has 1 atom stereocenters. The van der Waals surface area contributed by atoms with Gasteiger partial charge in [-0.05, 0) is 80.8 Å². The van der Waals surface area contributed by atoms with E-state index in [-0.39, 0.29) is 16.3 Å². The van der Waals surface area contributed by atoms with E-state index < -0.39 is 16.1 Å². The minimum Gasteiger partial charge on any atom is -0.387 e. The summed E-state index contributed by atoms with van der Waals surface area (Å²) in [5.74, 6) is 0.0532. The van der Waals surface area contributed by atoms with Gasteiger partial charge in [0.15, 0.2) is 0 Å². The van der Waals surface area contributed by atoms with E-state index in [1.165, 1.54) is 12.1 Å². The Bertz CT molecular complexity index is 1580. The SMILES string of the molecule is CCCCCC(=O)Nc1ccc2c(ccn2CCC(C)(C)NC[C@H](O)c2cccc(NS(=O)(=O)c3ccccc3)c2)c1. The highest BCUT2D eigenvalue weighted by Gasteiger charge is 2.20. The number of sulfonamides is 1. The maximum Gasteiger partial charge on any atom is 0.261 e. The predicted molar refractivity (Wildman–Crippen MR) is 170 cm³/mol. The standard InChI is InChI=1S/C33H42N4O4S/c1-4-5-7-15-32(39)35-27-16-17-30-25(22-27)18-20-37(30)21-19-33(2,3)34-24-31(38)26-11-10-12-28(23-26)36-42(40,41)29-13-8-6-9-14-29/h6,8-14,16-18,20,22-23,31,34,36,38H,4-5,7,15,19,21,24H2,1-3H3,(H,35,39)/t31-/m0/s1. The lowest BCUT2D eigenvalue weighted by Gasteiger charge is -2.28. The van der Waals surface area contributed by atoms with Crippen molar-refractivity contribution in [1.29, 1.82) is 0 Å². The number of aryl methyl sites for hydroxylation is 1. The Labute approximate surface area is 249 Å². The van der Waals surface area contributed by atoms with Gasteiger partial charge in [0.25, 0.3) is 10.0 Å². The van der Waals surface area contributed by atoms with E-state index >= 15 is 0 Å². The molecule has 8 nitrogen and oxygen atoms in total. The maximum atomic E-state index is 12.7. The van der Waals surface area contributed by atoms with Crippen LogP contribution >= 0.6 is 0 Å². The summed E-state index contributed by atoms with van der Waals surface area (Å²) in [5.41, 5.74) is 2.67.